The second-order valence-corrected chi connectivity index (χ2v) is 5.50. The van der Waals surface area contributed by atoms with Gasteiger partial charge in [-0.15, -0.1) is 6.58 Å². The summed E-state index contributed by atoms with van der Waals surface area (Å²) >= 11 is 6.13. The first-order chi connectivity index (χ1) is 8.58. The summed E-state index contributed by atoms with van der Waals surface area (Å²) in [5, 5.41) is 12.2. The van der Waals surface area contributed by atoms with Crippen molar-refractivity contribution in [2.45, 2.75) is 6.42 Å². The highest BCUT2D eigenvalue weighted by atomic mass is 32.2. The SMILES string of the molecule is C=CCc1cc(O)cc(/C=C2\SC(=S)NC2=O)c1. The van der Waals surface area contributed by atoms with E-state index < -0.39 is 0 Å². The highest BCUT2D eigenvalue weighted by Gasteiger charge is 2.21. The minimum atomic E-state index is -0.196. The first-order valence-electron chi connectivity index (χ1n) is 5.27. The van der Waals surface area contributed by atoms with Crippen LogP contribution in [0.15, 0.2) is 35.8 Å². The Bertz CT molecular complexity index is 564. The molecule has 2 rings (SSSR count). The Hall–Kier alpha value is -1.59. The quantitative estimate of drug-likeness (QED) is 0.506. The lowest BCUT2D eigenvalue weighted by atomic mass is 10.1. The monoisotopic (exact) mass is 277 g/mol. The Kier molecular flexibility index (Phi) is 3.84. The van der Waals surface area contributed by atoms with E-state index in [1.807, 2.05) is 6.07 Å². The predicted octanol–water partition coefficient (Wildman–Crippen LogP) is 2.61. The van der Waals surface area contributed by atoms with Crippen molar-refractivity contribution in [3.8, 4) is 5.75 Å². The second kappa shape index (κ2) is 5.37. The number of carbonyl (C=O) groups is 1. The van der Waals surface area contributed by atoms with Crippen LogP contribution in [-0.4, -0.2) is 15.3 Å². The summed E-state index contributed by atoms with van der Waals surface area (Å²) < 4.78 is 0.456. The van der Waals surface area contributed by atoms with Gasteiger partial charge in [0.1, 0.15) is 10.1 Å². The van der Waals surface area contributed by atoms with E-state index in [0.717, 1.165) is 11.1 Å². The number of benzene rings is 1. The molecule has 0 unspecified atom stereocenters. The fourth-order valence-corrected chi connectivity index (χ4v) is 2.68. The number of phenolic OH excluding ortho intramolecular Hbond substituents is 1. The molecule has 0 aromatic heterocycles. The van der Waals surface area contributed by atoms with E-state index in [4.69, 9.17) is 12.2 Å². The van der Waals surface area contributed by atoms with Crippen molar-refractivity contribution < 1.29 is 9.90 Å². The molecule has 1 aliphatic heterocycles. The van der Waals surface area contributed by atoms with E-state index in [1.165, 1.54) is 11.8 Å². The van der Waals surface area contributed by atoms with Crippen LogP contribution in [0.3, 0.4) is 0 Å². The lowest BCUT2D eigenvalue weighted by Crippen LogP contribution is -2.17. The maximum absolute atomic E-state index is 11.5. The van der Waals surface area contributed by atoms with Gasteiger partial charge in [0, 0.05) is 0 Å². The van der Waals surface area contributed by atoms with Crippen molar-refractivity contribution in [3.63, 3.8) is 0 Å². The Labute approximate surface area is 115 Å². The van der Waals surface area contributed by atoms with Gasteiger partial charge in [0.2, 0.25) is 0 Å². The average Bonchev–Trinajstić information content (AvgIpc) is 2.57. The van der Waals surface area contributed by atoms with Gasteiger partial charge in [0.05, 0.1) is 4.91 Å². The van der Waals surface area contributed by atoms with Crippen LogP contribution in [0.2, 0.25) is 0 Å². The number of phenols is 1. The van der Waals surface area contributed by atoms with Gasteiger partial charge in [-0.2, -0.15) is 0 Å². The Morgan fingerprint density at radius 3 is 2.83 bits per heavy atom. The standard InChI is InChI=1S/C13H11NO2S2/c1-2-3-8-4-9(6-10(15)5-8)7-11-12(16)14-13(17)18-11/h2,4-7,15H,1,3H2,(H,14,16,17)/b11-7-. The largest absolute Gasteiger partial charge is 0.508 e. The minimum Gasteiger partial charge on any atom is -0.508 e. The third kappa shape index (κ3) is 3.00. The lowest BCUT2D eigenvalue weighted by molar-refractivity contribution is -0.115. The summed E-state index contributed by atoms with van der Waals surface area (Å²) in [4.78, 5) is 12.1. The maximum atomic E-state index is 11.5. The van der Waals surface area contributed by atoms with E-state index in [-0.39, 0.29) is 11.7 Å². The van der Waals surface area contributed by atoms with Crippen LogP contribution in [0, 0.1) is 0 Å². The fourth-order valence-electron chi connectivity index (χ4n) is 1.64. The number of allylic oxidation sites excluding steroid dienone is 1. The van der Waals surface area contributed by atoms with E-state index in [1.54, 1.807) is 24.3 Å². The molecular formula is C13H11NO2S2. The van der Waals surface area contributed by atoms with Gasteiger partial charge in [0.25, 0.3) is 5.91 Å². The zero-order chi connectivity index (χ0) is 13.1. The molecule has 0 aliphatic carbocycles. The van der Waals surface area contributed by atoms with E-state index in [2.05, 4.69) is 11.9 Å². The minimum absolute atomic E-state index is 0.173. The summed E-state index contributed by atoms with van der Waals surface area (Å²) in [6.07, 6.45) is 4.14. The summed E-state index contributed by atoms with van der Waals surface area (Å²) in [5.41, 5.74) is 1.72. The molecule has 18 heavy (non-hydrogen) atoms. The Balaban J connectivity index is 2.33. The van der Waals surface area contributed by atoms with Crippen LogP contribution in [0.4, 0.5) is 0 Å². The van der Waals surface area contributed by atoms with Gasteiger partial charge in [-0.05, 0) is 35.8 Å². The van der Waals surface area contributed by atoms with Crippen LogP contribution in [0.1, 0.15) is 11.1 Å². The molecule has 1 aromatic rings. The molecule has 3 nitrogen and oxygen atoms in total. The molecule has 1 amide bonds. The van der Waals surface area contributed by atoms with E-state index >= 15 is 0 Å². The lowest BCUT2D eigenvalue weighted by Gasteiger charge is -2.02. The Morgan fingerprint density at radius 2 is 2.22 bits per heavy atom. The molecule has 5 heteroatoms. The van der Waals surface area contributed by atoms with E-state index in [0.29, 0.717) is 15.6 Å². The molecule has 92 valence electrons. The van der Waals surface area contributed by atoms with Crippen molar-refractivity contribution in [2.24, 2.45) is 0 Å². The predicted molar refractivity (Wildman–Crippen MR) is 78.3 cm³/mol. The number of amides is 1. The number of nitrogens with one attached hydrogen (secondary N) is 1. The fraction of sp³-hybridized carbons (Fsp3) is 0.0769. The second-order valence-electron chi connectivity index (χ2n) is 3.78. The Morgan fingerprint density at radius 1 is 1.44 bits per heavy atom. The normalized spacial score (nSPS) is 17.0. The van der Waals surface area contributed by atoms with Crippen LogP contribution >= 0.6 is 24.0 Å². The van der Waals surface area contributed by atoms with Crippen molar-refractivity contribution >= 4 is 40.3 Å². The third-order valence-corrected chi connectivity index (χ3v) is 3.48. The molecule has 0 saturated carbocycles. The smallest absolute Gasteiger partial charge is 0.263 e. The molecule has 0 spiro atoms. The number of aromatic hydroxyl groups is 1. The zero-order valence-electron chi connectivity index (χ0n) is 9.47. The van der Waals surface area contributed by atoms with Crippen molar-refractivity contribution in [1.29, 1.82) is 0 Å². The van der Waals surface area contributed by atoms with Crippen LogP contribution in [-0.2, 0) is 11.2 Å². The van der Waals surface area contributed by atoms with Crippen molar-refractivity contribution in [2.75, 3.05) is 0 Å². The molecule has 0 atom stereocenters. The number of hydrogen-bond donors (Lipinski definition) is 2. The number of hydrogen-bond acceptors (Lipinski definition) is 4. The van der Waals surface area contributed by atoms with E-state index in [9.17, 15) is 9.90 Å². The molecule has 0 radical (unpaired) electrons. The maximum Gasteiger partial charge on any atom is 0.263 e. The number of rotatable bonds is 3. The van der Waals surface area contributed by atoms with Crippen molar-refractivity contribution in [3.05, 3.63) is 46.9 Å². The topological polar surface area (TPSA) is 49.3 Å². The highest BCUT2D eigenvalue weighted by Crippen LogP contribution is 2.27. The summed E-state index contributed by atoms with van der Waals surface area (Å²) in [5.74, 6) is -0.0224. The van der Waals surface area contributed by atoms with Gasteiger partial charge in [-0.3, -0.25) is 4.79 Å². The average molecular weight is 277 g/mol. The first kappa shape index (κ1) is 12.9. The van der Waals surface area contributed by atoms with Crippen LogP contribution < -0.4 is 5.32 Å². The molecule has 1 fully saturated rings. The number of thioether (sulfide) groups is 1. The summed E-state index contributed by atoms with van der Waals surface area (Å²) in [6, 6.07) is 5.19. The summed E-state index contributed by atoms with van der Waals surface area (Å²) in [6.45, 7) is 3.66. The van der Waals surface area contributed by atoms with Gasteiger partial charge in [-0.1, -0.05) is 36.1 Å². The zero-order valence-corrected chi connectivity index (χ0v) is 11.1. The molecule has 2 N–H and O–H groups in total. The first-order valence-corrected chi connectivity index (χ1v) is 6.49. The van der Waals surface area contributed by atoms with Crippen LogP contribution in [0.5, 0.6) is 5.75 Å². The molecule has 1 aromatic carbocycles. The number of carbonyl (C=O) groups excluding carboxylic acids is 1. The van der Waals surface area contributed by atoms with Crippen molar-refractivity contribution in [1.82, 2.24) is 5.32 Å². The molecule has 1 aliphatic rings. The molecule has 0 bridgehead atoms. The highest BCUT2D eigenvalue weighted by molar-refractivity contribution is 8.26. The van der Waals surface area contributed by atoms with Gasteiger partial charge in [-0.25, -0.2) is 0 Å². The van der Waals surface area contributed by atoms with Gasteiger partial charge < -0.3 is 10.4 Å². The van der Waals surface area contributed by atoms with Crippen LogP contribution in [0.25, 0.3) is 6.08 Å². The number of thiocarbonyl (C=S) groups is 1. The van der Waals surface area contributed by atoms with Gasteiger partial charge in [0.15, 0.2) is 0 Å². The molecule has 1 heterocycles. The molecule has 1 saturated heterocycles. The third-order valence-electron chi connectivity index (χ3n) is 2.32. The van der Waals surface area contributed by atoms with Gasteiger partial charge >= 0.3 is 0 Å². The molecular weight excluding hydrogens is 266 g/mol. The summed E-state index contributed by atoms with van der Waals surface area (Å²) in [7, 11) is 0.